The Bertz CT molecular complexity index is 683. The number of anilines is 2. The maximum atomic E-state index is 11.7. The van der Waals surface area contributed by atoms with Crippen LogP contribution in [0.3, 0.4) is 0 Å². The van der Waals surface area contributed by atoms with E-state index in [4.69, 9.17) is 10.5 Å². The van der Waals surface area contributed by atoms with Gasteiger partial charge in [0.15, 0.2) is 0 Å². The van der Waals surface area contributed by atoms with E-state index in [1.54, 1.807) is 26.0 Å². The van der Waals surface area contributed by atoms with Gasteiger partial charge in [-0.05, 0) is 50.8 Å². The molecule has 0 radical (unpaired) electrons. The van der Waals surface area contributed by atoms with Crippen LogP contribution in [-0.4, -0.2) is 33.6 Å². The summed E-state index contributed by atoms with van der Waals surface area (Å²) in [4.78, 5) is 24.0. The highest BCUT2D eigenvalue weighted by atomic mass is 16.5. The SMILES string of the molecule is CCOC(=O)c1ccc(CCC(CC)Nc2nc(C)nc(N)n2)cc1. The van der Waals surface area contributed by atoms with Gasteiger partial charge in [-0.2, -0.15) is 15.0 Å². The fourth-order valence-corrected chi connectivity index (χ4v) is 2.49. The number of aromatic nitrogens is 3. The number of hydrogen-bond donors (Lipinski definition) is 2. The van der Waals surface area contributed by atoms with Crippen LogP contribution in [0.4, 0.5) is 11.9 Å². The number of hydrogen-bond acceptors (Lipinski definition) is 7. The third kappa shape index (κ3) is 5.70. The van der Waals surface area contributed by atoms with Gasteiger partial charge in [-0.3, -0.25) is 0 Å². The van der Waals surface area contributed by atoms with Crippen LogP contribution in [0.5, 0.6) is 0 Å². The highest BCUT2D eigenvalue weighted by molar-refractivity contribution is 5.89. The number of aryl methyl sites for hydroxylation is 2. The number of ether oxygens (including phenoxy) is 1. The van der Waals surface area contributed by atoms with Crippen molar-refractivity contribution in [1.82, 2.24) is 15.0 Å². The summed E-state index contributed by atoms with van der Waals surface area (Å²) in [6, 6.07) is 7.76. The Kier molecular flexibility index (Phi) is 6.68. The van der Waals surface area contributed by atoms with Gasteiger partial charge in [-0.25, -0.2) is 4.79 Å². The largest absolute Gasteiger partial charge is 0.462 e. The van der Waals surface area contributed by atoms with Gasteiger partial charge in [0.2, 0.25) is 11.9 Å². The van der Waals surface area contributed by atoms with Crippen molar-refractivity contribution in [3.63, 3.8) is 0 Å². The molecule has 0 spiro atoms. The van der Waals surface area contributed by atoms with E-state index in [0.717, 1.165) is 19.3 Å². The summed E-state index contributed by atoms with van der Waals surface area (Å²) in [6.45, 7) is 6.07. The van der Waals surface area contributed by atoms with E-state index in [1.165, 1.54) is 5.56 Å². The summed E-state index contributed by atoms with van der Waals surface area (Å²) < 4.78 is 4.99. The quantitative estimate of drug-likeness (QED) is 0.710. The lowest BCUT2D eigenvalue weighted by Gasteiger charge is -2.17. The molecule has 0 aliphatic rings. The lowest BCUT2D eigenvalue weighted by atomic mass is 10.0. The first kappa shape index (κ1) is 18.6. The van der Waals surface area contributed by atoms with Crippen molar-refractivity contribution < 1.29 is 9.53 Å². The summed E-state index contributed by atoms with van der Waals surface area (Å²) in [5.41, 5.74) is 7.40. The number of nitrogen functional groups attached to an aromatic ring is 1. The fourth-order valence-electron chi connectivity index (χ4n) is 2.49. The molecule has 2 aromatic rings. The Hall–Kier alpha value is -2.70. The number of benzene rings is 1. The zero-order chi connectivity index (χ0) is 18.2. The van der Waals surface area contributed by atoms with Crippen LogP contribution < -0.4 is 11.1 Å². The van der Waals surface area contributed by atoms with Crippen molar-refractivity contribution in [2.24, 2.45) is 0 Å². The van der Waals surface area contributed by atoms with Gasteiger partial charge in [-0.15, -0.1) is 0 Å². The molecule has 134 valence electrons. The first-order chi connectivity index (χ1) is 12.0. The van der Waals surface area contributed by atoms with Gasteiger partial charge in [-0.1, -0.05) is 19.1 Å². The molecule has 3 N–H and O–H groups in total. The molecular formula is C18H25N5O2. The molecule has 1 atom stereocenters. The maximum Gasteiger partial charge on any atom is 0.338 e. The number of esters is 1. The molecule has 0 aliphatic carbocycles. The van der Waals surface area contributed by atoms with E-state index >= 15 is 0 Å². The minimum Gasteiger partial charge on any atom is -0.462 e. The molecule has 0 saturated heterocycles. The fraction of sp³-hybridized carbons (Fsp3) is 0.444. The monoisotopic (exact) mass is 343 g/mol. The third-order valence-electron chi connectivity index (χ3n) is 3.84. The number of nitrogens with zero attached hydrogens (tertiary/aromatic N) is 3. The van der Waals surface area contributed by atoms with Gasteiger partial charge >= 0.3 is 5.97 Å². The van der Waals surface area contributed by atoms with Crippen LogP contribution in [0.15, 0.2) is 24.3 Å². The summed E-state index contributed by atoms with van der Waals surface area (Å²) in [6.07, 6.45) is 2.74. The van der Waals surface area contributed by atoms with Crippen LogP contribution in [-0.2, 0) is 11.2 Å². The van der Waals surface area contributed by atoms with Crippen molar-refractivity contribution in [3.8, 4) is 0 Å². The molecule has 0 fully saturated rings. The molecule has 1 unspecified atom stereocenters. The second-order valence-corrected chi connectivity index (χ2v) is 5.77. The molecule has 25 heavy (non-hydrogen) atoms. The van der Waals surface area contributed by atoms with Crippen molar-refractivity contribution in [1.29, 1.82) is 0 Å². The predicted molar refractivity (Wildman–Crippen MR) is 97.4 cm³/mol. The lowest BCUT2D eigenvalue weighted by molar-refractivity contribution is 0.0526. The topological polar surface area (TPSA) is 103 Å². The normalized spacial score (nSPS) is 11.8. The van der Waals surface area contributed by atoms with Gasteiger partial charge in [0.1, 0.15) is 5.82 Å². The van der Waals surface area contributed by atoms with E-state index in [0.29, 0.717) is 23.9 Å². The first-order valence-corrected chi connectivity index (χ1v) is 8.52. The Labute approximate surface area is 148 Å². The van der Waals surface area contributed by atoms with Gasteiger partial charge in [0.25, 0.3) is 0 Å². The molecule has 1 heterocycles. The van der Waals surface area contributed by atoms with E-state index in [-0.39, 0.29) is 18.0 Å². The van der Waals surface area contributed by atoms with Crippen molar-refractivity contribution >= 4 is 17.9 Å². The Balaban J connectivity index is 1.92. The predicted octanol–water partition coefficient (Wildman–Crippen LogP) is 2.76. The van der Waals surface area contributed by atoms with Crippen LogP contribution in [0.2, 0.25) is 0 Å². The van der Waals surface area contributed by atoms with Gasteiger partial charge in [0.05, 0.1) is 12.2 Å². The minimum absolute atomic E-state index is 0.222. The van der Waals surface area contributed by atoms with Gasteiger partial charge < -0.3 is 15.8 Å². The number of nitrogens with one attached hydrogen (secondary N) is 1. The first-order valence-electron chi connectivity index (χ1n) is 8.52. The highest BCUT2D eigenvalue weighted by Gasteiger charge is 2.11. The molecule has 2 rings (SSSR count). The van der Waals surface area contributed by atoms with E-state index < -0.39 is 0 Å². The molecule has 7 nitrogen and oxygen atoms in total. The van der Waals surface area contributed by atoms with Gasteiger partial charge in [0, 0.05) is 6.04 Å². The average molecular weight is 343 g/mol. The average Bonchev–Trinajstić information content (AvgIpc) is 2.58. The van der Waals surface area contributed by atoms with Crippen LogP contribution in [0.25, 0.3) is 0 Å². The van der Waals surface area contributed by atoms with Crippen molar-refractivity contribution in [2.75, 3.05) is 17.7 Å². The molecule has 0 bridgehead atoms. The zero-order valence-corrected chi connectivity index (χ0v) is 15.0. The molecule has 1 aromatic carbocycles. The molecule has 0 saturated carbocycles. The minimum atomic E-state index is -0.287. The van der Waals surface area contributed by atoms with Crippen molar-refractivity contribution in [3.05, 3.63) is 41.2 Å². The summed E-state index contributed by atoms with van der Waals surface area (Å²) >= 11 is 0. The molecule has 0 amide bonds. The number of carbonyl (C=O) groups is 1. The van der Waals surface area contributed by atoms with Crippen LogP contribution in [0, 0.1) is 6.92 Å². The zero-order valence-electron chi connectivity index (χ0n) is 15.0. The molecule has 0 aliphatic heterocycles. The summed E-state index contributed by atoms with van der Waals surface area (Å²) in [5.74, 6) is 1.04. The third-order valence-corrected chi connectivity index (χ3v) is 3.84. The summed E-state index contributed by atoms with van der Waals surface area (Å²) in [7, 11) is 0. The Morgan fingerprint density at radius 2 is 1.92 bits per heavy atom. The highest BCUT2D eigenvalue weighted by Crippen LogP contribution is 2.13. The van der Waals surface area contributed by atoms with Crippen LogP contribution >= 0.6 is 0 Å². The van der Waals surface area contributed by atoms with Crippen molar-refractivity contribution in [2.45, 2.75) is 46.1 Å². The van der Waals surface area contributed by atoms with E-state index in [1.807, 2.05) is 12.1 Å². The number of carbonyl (C=O) groups excluding carboxylic acids is 1. The maximum absolute atomic E-state index is 11.7. The molecular weight excluding hydrogens is 318 g/mol. The Morgan fingerprint density at radius 3 is 2.52 bits per heavy atom. The number of nitrogens with two attached hydrogens (primary N) is 1. The van der Waals surface area contributed by atoms with E-state index in [9.17, 15) is 4.79 Å². The van der Waals surface area contributed by atoms with E-state index in [2.05, 4.69) is 27.2 Å². The number of rotatable bonds is 8. The molecule has 7 heteroatoms. The second-order valence-electron chi connectivity index (χ2n) is 5.77. The molecule has 1 aromatic heterocycles. The van der Waals surface area contributed by atoms with Crippen LogP contribution in [0.1, 0.15) is 48.4 Å². The lowest BCUT2D eigenvalue weighted by Crippen LogP contribution is -2.21. The smallest absolute Gasteiger partial charge is 0.338 e. The standard InChI is InChI=1S/C18H25N5O2/c1-4-15(22-18-21-12(3)20-17(19)23-18)11-8-13-6-9-14(10-7-13)16(24)25-5-2/h6-7,9-10,15H,4-5,8,11H2,1-3H3,(H3,19,20,21,22,23). The Morgan fingerprint density at radius 1 is 1.20 bits per heavy atom. The summed E-state index contributed by atoms with van der Waals surface area (Å²) in [5, 5.41) is 3.31. The second kappa shape index (κ2) is 8.96.